The van der Waals surface area contributed by atoms with Crippen LogP contribution in [0, 0.1) is 13.8 Å². The lowest BCUT2D eigenvalue weighted by molar-refractivity contribution is -0.159. The summed E-state index contributed by atoms with van der Waals surface area (Å²) in [5, 5.41) is 5.51. The van der Waals surface area contributed by atoms with Crippen molar-refractivity contribution in [1.29, 1.82) is 0 Å². The number of benzene rings is 2. The Morgan fingerprint density at radius 2 is 1.40 bits per heavy atom. The van der Waals surface area contributed by atoms with Gasteiger partial charge in [-0.1, -0.05) is 54.1 Å². The predicted molar refractivity (Wildman–Crippen MR) is 167 cm³/mol. The Balaban J connectivity index is 2.55. The number of carbonyl (C=O) groups is 4. The third-order valence-electron chi connectivity index (χ3n) is 6.45. The van der Waals surface area contributed by atoms with Crippen LogP contribution in [0.3, 0.4) is 0 Å². The van der Waals surface area contributed by atoms with Gasteiger partial charge >= 0.3 is 12.1 Å². The van der Waals surface area contributed by atoms with Crippen molar-refractivity contribution in [2.24, 2.45) is 0 Å². The normalized spacial score (nSPS) is 13.9. The van der Waals surface area contributed by atoms with Crippen molar-refractivity contribution >= 4 is 23.9 Å². The van der Waals surface area contributed by atoms with E-state index in [1.165, 1.54) is 4.90 Å². The van der Waals surface area contributed by atoms with Crippen LogP contribution in [0.5, 0.6) is 0 Å². The van der Waals surface area contributed by atoms with Crippen molar-refractivity contribution in [3.63, 3.8) is 0 Å². The molecule has 0 heterocycles. The topological polar surface area (TPSA) is 114 Å². The monoisotopic (exact) mass is 595 g/mol. The van der Waals surface area contributed by atoms with Crippen LogP contribution in [0.4, 0.5) is 4.79 Å². The molecular weight excluding hydrogens is 546 g/mol. The first-order chi connectivity index (χ1) is 19.8. The van der Waals surface area contributed by atoms with Crippen molar-refractivity contribution in [2.75, 3.05) is 0 Å². The van der Waals surface area contributed by atoms with E-state index in [2.05, 4.69) is 10.6 Å². The molecule has 2 aromatic carbocycles. The Hall–Kier alpha value is -3.88. The summed E-state index contributed by atoms with van der Waals surface area (Å²) in [5.41, 5.74) is 1.74. The number of alkyl carbamates (subject to hydrolysis) is 1. The molecule has 0 spiro atoms. The van der Waals surface area contributed by atoms with E-state index in [0.717, 1.165) is 16.7 Å². The summed E-state index contributed by atoms with van der Waals surface area (Å²) in [6.45, 7) is 19.5. The maximum atomic E-state index is 14.3. The number of nitrogens with one attached hydrogen (secondary N) is 2. The first kappa shape index (κ1) is 35.3. The van der Waals surface area contributed by atoms with Gasteiger partial charge in [0.15, 0.2) is 0 Å². The standard InChI is InChI=1S/C34H49N3O6/c1-21(2)37(30(39)24(5)35-32(41)43-34(9,10)11)28(26-18-17-22(3)19-23(26)4)29(38)36-27(31(40)42-33(6,7)8)20-25-15-13-12-14-16-25/h12-19,21,24,27-28H,20H2,1-11H3,(H,35,41)(H,36,38). The SMILES string of the molecule is Cc1ccc(C(C(=O)NC(Cc2ccccc2)C(=O)OC(C)(C)C)N(C(=O)C(C)NC(=O)OC(C)(C)C)C(C)C)c(C)c1. The number of amides is 3. The molecule has 3 amide bonds. The van der Waals surface area contributed by atoms with E-state index in [1.54, 1.807) is 62.3 Å². The quantitative estimate of drug-likeness (QED) is 0.348. The Bertz CT molecular complexity index is 1280. The fraction of sp³-hybridized carbons (Fsp3) is 0.529. The van der Waals surface area contributed by atoms with E-state index in [4.69, 9.17) is 9.47 Å². The summed E-state index contributed by atoms with van der Waals surface area (Å²) in [4.78, 5) is 55.6. The number of ether oxygens (including phenoxy) is 2. The molecule has 0 aliphatic rings. The van der Waals surface area contributed by atoms with E-state index in [0.29, 0.717) is 5.56 Å². The number of hydrogen-bond donors (Lipinski definition) is 2. The number of aryl methyl sites for hydroxylation is 2. The molecule has 9 heteroatoms. The van der Waals surface area contributed by atoms with Gasteiger partial charge in [-0.15, -0.1) is 0 Å². The van der Waals surface area contributed by atoms with Crippen LogP contribution >= 0.6 is 0 Å². The number of hydrogen-bond acceptors (Lipinski definition) is 6. The van der Waals surface area contributed by atoms with Crippen molar-refractivity contribution in [3.8, 4) is 0 Å². The zero-order valence-corrected chi connectivity index (χ0v) is 27.5. The minimum absolute atomic E-state index is 0.202. The largest absolute Gasteiger partial charge is 0.458 e. The maximum absolute atomic E-state index is 14.3. The molecule has 0 radical (unpaired) electrons. The molecule has 0 aliphatic carbocycles. The molecule has 3 atom stereocenters. The summed E-state index contributed by atoms with van der Waals surface area (Å²) in [5.74, 6) is -1.59. The number of carbonyl (C=O) groups excluding carboxylic acids is 4. The number of nitrogens with zero attached hydrogens (tertiary/aromatic N) is 1. The molecular formula is C34H49N3O6. The molecule has 3 unspecified atom stereocenters. The number of rotatable bonds is 10. The van der Waals surface area contributed by atoms with Crippen molar-refractivity contribution in [3.05, 3.63) is 70.8 Å². The summed E-state index contributed by atoms with van der Waals surface area (Å²) in [6, 6.07) is 11.4. The van der Waals surface area contributed by atoms with Gasteiger partial charge in [-0.25, -0.2) is 9.59 Å². The highest BCUT2D eigenvalue weighted by Crippen LogP contribution is 2.29. The van der Waals surface area contributed by atoms with E-state index in [1.807, 2.05) is 62.4 Å². The van der Waals surface area contributed by atoms with Crippen molar-refractivity contribution < 1.29 is 28.7 Å². The highest BCUT2D eigenvalue weighted by Gasteiger charge is 2.39. The van der Waals surface area contributed by atoms with Crippen LogP contribution < -0.4 is 10.6 Å². The van der Waals surface area contributed by atoms with Crippen LogP contribution in [-0.4, -0.2) is 58.1 Å². The van der Waals surface area contributed by atoms with Gasteiger partial charge in [-0.2, -0.15) is 0 Å². The predicted octanol–water partition coefficient (Wildman–Crippen LogP) is 5.56. The van der Waals surface area contributed by atoms with E-state index < -0.39 is 59.2 Å². The van der Waals surface area contributed by atoms with Crippen LogP contribution in [0.1, 0.15) is 90.6 Å². The highest BCUT2D eigenvalue weighted by atomic mass is 16.6. The van der Waals surface area contributed by atoms with Gasteiger partial charge in [0.25, 0.3) is 0 Å². The zero-order chi connectivity index (χ0) is 32.7. The minimum Gasteiger partial charge on any atom is -0.458 e. The Labute approximate surface area is 256 Å². The van der Waals surface area contributed by atoms with Crippen LogP contribution in [-0.2, 0) is 30.3 Å². The van der Waals surface area contributed by atoms with Crippen molar-refractivity contribution in [1.82, 2.24) is 15.5 Å². The molecule has 236 valence electrons. The fourth-order valence-corrected chi connectivity index (χ4v) is 4.67. The molecule has 2 rings (SSSR count). The smallest absolute Gasteiger partial charge is 0.408 e. The Morgan fingerprint density at radius 3 is 1.91 bits per heavy atom. The molecule has 0 fully saturated rings. The third-order valence-corrected chi connectivity index (χ3v) is 6.45. The Kier molecular flexibility index (Phi) is 11.9. The Morgan fingerprint density at radius 1 is 0.814 bits per heavy atom. The summed E-state index contributed by atoms with van der Waals surface area (Å²) < 4.78 is 11.0. The average molecular weight is 596 g/mol. The molecule has 43 heavy (non-hydrogen) atoms. The second-order valence-corrected chi connectivity index (χ2v) is 13.3. The third kappa shape index (κ3) is 11.0. The van der Waals surface area contributed by atoms with Gasteiger partial charge in [0.1, 0.15) is 29.3 Å². The molecule has 2 aromatic rings. The summed E-state index contributed by atoms with van der Waals surface area (Å²) in [6.07, 6.45) is -0.537. The van der Waals surface area contributed by atoms with Gasteiger partial charge in [0.05, 0.1) is 0 Å². The lowest BCUT2D eigenvalue weighted by Gasteiger charge is -2.37. The fourth-order valence-electron chi connectivity index (χ4n) is 4.67. The average Bonchev–Trinajstić information content (AvgIpc) is 2.85. The minimum atomic E-state index is -1.10. The second kappa shape index (κ2) is 14.5. The van der Waals surface area contributed by atoms with Crippen LogP contribution in [0.15, 0.2) is 48.5 Å². The molecule has 0 saturated carbocycles. The van der Waals surface area contributed by atoms with Gasteiger partial charge in [0, 0.05) is 12.5 Å². The molecule has 0 aromatic heterocycles. The van der Waals surface area contributed by atoms with E-state index in [-0.39, 0.29) is 6.42 Å². The highest BCUT2D eigenvalue weighted by molar-refractivity contribution is 5.94. The summed E-state index contributed by atoms with van der Waals surface area (Å²) in [7, 11) is 0. The maximum Gasteiger partial charge on any atom is 0.408 e. The first-order valence-electron chi connectivity index (χ1n) is 14.7. The molecule has 2 N–H and O–H groups in total. The van der Waals surface area contributed by atoms with Crippen molar-refractivity contribution in [2.45, 2.75) is 118 Å². The molecule has 0 aliphatic heterocycles. The van der Waals surface area contributed by atoms with Crippen LogP contribution in [0.2, 0.25) is 0 Å². The summed E-state index contributed by atoms with van der Waals surface area (Å²) >= 11 is 0. The zero-order valence-electron chi connectivity index (χ0n) is 27.5. The van der Waals surface area contributed by atoms with Gasteiger partial charge in [0.2, 0.25) is 11.8 Å². The van der Waals surface area contributed by atoms with Gasteiger partial charge in [-0.05, 0) is 92.9 Å². The molecule has 0 bridgehead atoms. The van der Waals surface area contributed by atoms with Crippen LogP contribution in [0.25, 0.3) is 0 Å². The molecule has 9 nitrogen and oxygen atoms in total. The lowest BCUT2D eigenvalue weighted by atomic mass is 9.95. The first-order valence-corrected chi connectivity index (χ1v) is 14.7. The second-order valence-electron chi connectivity index (χ2n) is 13.3. The van der Waals surface area contributed by atoms with E-state index >= 15 is 0 Å². The van der Waals surface area contributed by atoms with Gasteiger partial charge < -0.3 is 25.0 Å². The lowest BCUT2D eigenvalue weighted by Crippen LogP contribution is -2.56. The molecule has 0 saturated heterocycles. The van der Waals surface area contributed by atoms with E-state index in [9.17, 15) is 19.2 Å². The number of esters is 1. The van der Waals surface area contributed by atoms with Gasteiger partial charge in [-0.3, -0.25) is 9.59 Å².